The van der Waals surface area contributed by atoms with Crippen LogP contribution >= 0.6 is 0 Å². The average molecular weight is 365 g/mol. The summed E-state index contributed by atoms with van der Waals surface area (Å²) in [5.41, 5.74) is 1.53. The molecule has 0 fully saturated rings. The van der Waals surface area contributed by atoms with Gasteiger partial charge in [0, 0.05) is 6.42 Å². The molecule has 0 aliphatic heterocycles. The van der Waals surface area contributed by atoms with Gasteiger partial charge in [-0.1, -0.05) is 92.7 Å². The first-order chi connectivity index (χ1) is 11.8. The Hall–Kier alpha value is -0.503. The molecule has 1 aromatic rings. The van der Waals surface area contributed by atoms with Gasteiger partial charge in [-0.05, 0) is 35.1 Å². The van der Waals surface area contributed by atoms with Gasteiger partial charge in [0.15, 0.2) is 0 Å². The SMILES string of the molecule is CCCCCCCCCCc1coc(CCC)c1[Si](C)(C)C(C)(C)C. The van der Waals surface area contributed by atoms with E-state index in [4.69, 9.17) is 4.42 Å². The lowest BCUT2D eigenvalue weighted by molar-refractivity contribution is 0.505. The number of rotatable bonds is 12. The summed E-state index contributed by atoms with van der Waals surface area (Å²) in [5.74, 6) is 1.30. The van der Waals surface area contributed by atoms with Crippen LogP contribution < -0.4 is 5.19 Å². The summed E-state index contributed by atoms with van der Waals surface area (Å²) in [7, 11) is -1.54. The quantitative estimate of drug-likeness (QED) is 0.274. The highest BCUT2D eigenvalue weighted by molar-refractivity contribution is 6.92. The largest absolute Gasteiger partial charge is 0.469 e. The van der Waals surface area contributed by atoms with Gasteiger partial charge >= 0.3 is 0 Å². The molecular formula is C23H44OSi. The summed E-state index contributed by atoms with van der Waals surface area (Å²) in [5, 5.41) is 2.01. The zero-order chi connectivity index (χ0) is 18.9. The topological polar surface area (TPSA) is 13.1 Å². The van der Waals surface area contributed by atoms with Crippen LogP contribution in [0.5, 0.6) is 0 Å². The first kappa shape index (κ1) is 22.5. The minimum absolute atomic E-state index is 0.368. The number of aryl methyl sites for hydroxylation is 2. The predicted molar refractivity (Wildman–Crippen MR) is 116 cm³/mol. The molecule has 1 rings (SSSR count). The van der Waals surface area contributed by atoms with Gasteiger partial charge in [0.25, 0.3) is 0 Å². The van der Waals surface area contributed by atoms with E-state index >= 15 is 0 Å². The molecule has 0 spiro atoms. The lowest BCUT2D eigenvalue weighted by Crippen LogP contribution is -2.51. The van der Waals surface area contributed by atoms with Gasteiger partial charge in [-0.25, -0.2) is 0 Å². The Morgan fingerprint density at radius 3 is 1.88 bits per heavy atom. The normalized spacial score (nSPS) is 12.8. The van der Waals surface area contributed by atoms with E-state index in [1.807, 2.05) is 0 Å². The molecule has 0 saturated heterocycles. The van der Waals surface area contributed by atoms with E-state index in [9.17, 15) is 0 Å². The summed E-state index contributed by atoms with van der Waals surface area (Å²) < 4.78 is 6.07. The van der Waals surface area contributed by atoms with Crippen molar-refractivity contribution >= 4 is 13.3 Å². The van der Waals surface area contributed by atoms with Crippen LogP contribution in [0.3, 0.4) is 0 Å². The fraction of sp³-hybridized carbons (Fsp3) is 0.826. The predicted octanol–water partition coefficient (Wildman–Crippen LogP) is 7.63. The van der Waals surface area contributed by atoms with E-state index in [-0.39, 0.29) is 0 Å². The van der Waals surface area contributed by atoms with Crippen molar-refractivity contribution in [3.63, 3.8) is 0 Å². The first-order valence-electron chi connectivity index (χ1n) is 10.8. The lowest BCUT2D eigenvalue weighted by atomic mass is 10.1. The van der Waals surface area contributed by atoms with Crippen LogP contribution in [0.15, 0.2) is 10.7 Å². The Kier molecular flexibility index (Phi) is 9.55. The second-order valence-electron chi connectivity index (χ2n) is 9.41. The van der Waals surface area contributed by atoms with E-state index < -0.39 is 8.07 Å². The third-order valence-corrected chi connectivity index (χ3v) is 11.8. The first-order valence-corrected chi connectivity index (χ1v) is 13.8. The van der Waals surface area contributed by atoms with E-state index in [0.29, 0.717) is 5.04 Å². The lowest BCUT2D eigenvalue weighted by Gasteiger charge is -2.38. The third-order valence-electron chi connectivity index (χ3n) is 6.22. The number of hydrogen-bond donors (Lipinski definition) is 0. The van der Waals surface area contributed by atoms with Gasteiger partial charge in [0.1, 0.15) is 5.76 Å². The number of hydrogen-bond acceptors (Lipinski definition) is 1. The zero-order valence-corrected chi connectivity index (χ0v) is 19.3. The molecule has 0 atom stereocenters. The summed E-state index contributed by atoms with van der Waals surface area (Å²) in [6.45, 7) is 16.9. The second kappa shape index (κ2) is 10.6. The standard InChI is InChI=1S/C23H44OSi/c1-8-10-11-12-13-14-15-16-18-20-19-24-21(17-9-2)22(20)25(6,7)23(3,4)5/h19H,8-18H2,1-7H3. The van der Waals surface area contributed by atoms with Crippen LogP contribution in [0.2, 0.25) is 18.1 Å². The van der Waals surface area contributed by atoms with Crippen LogP contribution in [-0.4, -0.2) is 8.07 Å². The monoisotopic (exact) mass is 364 g/mol. The molecule has 2 heteroatoms. The molecular weight excluding hydrogens is 320 g/mol. The van der Waals surface area contributed by atoms with Crippen molar-refractivity contribution in [3.05, 3.63) is 17.6 Å². The van der Waals surface area contributed by atoms with E-state index in [1.165, 1.54) is 75.5 Å². The van der Waals surface area contributed by atoms with Gasteiger partial charge in [0.2, 0.25) is 0 Å². The van der Waals surface area contributed by atoms with Gasteiger partial charge < -0.3 is 4.42 Å². The molecule has 0 N–H and O–H groups in total. The summed E-state index contributed by atoms with van der Waals surface area (Å²) in [4.78, 5) is 0. The molecule has 1 aromatic heterocycles. The van der Waals surface area contributed by atoms with Crippen LogP contribution in [0.4, 0.5) is 0 Å². The van der Waals surface area contributed by atoms with Crippen LogP contribution in [0.1, 0.15) is 104 Å². The van der Waals surface area contributed by atoms with Crippen molar-refractivity contribution in [3.8, 4) is 0 Å². The minimum Gasteiger partial charge on any atom is -0.469 e. The van der Waals surface area contributed by atoms with Crippen LogP contribution in [0, 0.1) is 0 Å². The van der Waals surface area contributed by atoms with Crippen molar-refractivity contribution in [2.75, 3.05) is 0 Å². The molecule has 146 valence electrons. The van der Waals surface area contributed by atoms with Gasteiger partial charge in [-0.2, -0.15) is 0 Å². The minimum atomic E-state index is -1.54. The molecule has 0 radical (unpaired) electrons. The van der Waals surface area contributed by atoms with Crippen LogP contribution in [-0.2, 0) is 12.8 Å². The smallest absolute Gasteiger partial charge is 0.103 e. The maximum Gasteiger partial charge on any atom is 0.103 e. The van der Waals surface area contributed by atoms with Gasteiger partial charge in [-0.15, -0.1) is 0 Å². The van der Waals surface area contributed by atoms with Gasteiger partial charge in [-0.3, -0.25) is 0 Å². The summed E-state index contributed by atoms with van der Waals surface area (Å²) >= 11 is 0. The summed E-state index contributed by atoms with van der Waals surface area (Å²) in [6.07, 6.45) is 16.7. The van der Waals surface area contributed by atoms with E-state index in [0.717, 1.165) is 6.42 Å². The van der Waals surface area contributed by atoms with Crippen molar-refractivity contribution in [1.82, 2.24) is 0 Å². The van der Waals surface area contributed by atoms with Crippen LogP contribution in [0.25, 0.3) is 0 Å². The van der Waals surface area contributed by atoms with Crippen molar-refractivity contribution < 1.29 is 4.42 Å². The molecule has 0 aliphatic carbocycles. The van der Waals surface area contributed by atoms with E-state index in [2.05, 4.69) is 54.0 Å². The highest BCUT2D eigenvalue weighted by Gasteiger charge is 2.41. The van der Waals surface area contributed by atoms with Gasteiger partial charge in [0.05, 0.1) is 14.3 Å². The Morgan fingerprint density at radius 1 is 0.800 bits per heavy atom. The molecule has 25 heavy (non-hydrogen) atoms. The Bertz CT molecular complexity index is 479. The van der Waals surface area contributed by atoms with Crippen molar-refractivity contribution in [1.29, 1.82) is 0 Å². The Labute approximate surface area is 159 Å². The highest BCUT2D eigenvalue weighted by Crippen LogP contribution is 2.37. The second-order valence-corrected chi connectivity index (χ2v) is 14.7. The maximum atomic E-state index is 6.07. The molecule has 0 saturated carbocycles. The molecule has 1 nitrogen and oxygen atoms in total. The Balaban J connectivity index is 2.65. The fourth-order valence-electron chi connectivity index (χ4n) is 3.61. The molecule has 0 aliphatic rings. The Morgan fingerprint density at radius 2 is 1.36 bits per heavy atom. The number of furan rings is 1. The number of unbranched alkanes of at least 4 members (excludes halogenated alkanes) is 7. The molecule has 0 aromatic carbocycles. The highest BCUT2D eigenvalue weighted by atomic mass is 28.3. The fourth-order valence-corrected chi connectivity index (χ4v) is 6.23. The molecule has 0 bridgehead atoms. The molecule has 1 heterocycles. The van der Waals surface area contributed by atoms with Crippen molar-refractivity contribution in [2.24, 2.45) is 0 Å². The average Bonchev–Trinajstić information content (AvgIpc) is 2.92. The summed E-state index contributed by atoms with van der Waals surface area (Å²) in [6, 6.07) is 0. The molecule has 0 unspecified atom stereocenters. The zero-order valence-electron chi connectivity index (χ0n) is 18.3. The molecule has 0 amide bonds. The maximum absolute atomic E-state index is 6.07. The van der Waals surface area contributed by atoms with E-state index in [1.54, 1.807) is 5.19 Å². The third kappa shape index (κ3) is 6.62. The van der Waals surface area contributed by atoms with Crippen molar-refractivity contribution in [2.45, 2.75) is 123 Å².